The van der Waals surface area contributed by atoms with E-state index in [0.717, 1.165) is 0 Å². The number of carbonyl (C=O) groups is 1. The summed E-state index contributed by atoms with van der Waals surface area (Å²) in [6.07, 6.45) is 0.627. The molecular formula is C9H8ClFO. The van der Waals surface area contributed by atoms with Crippen LogP contribution in [0.3, 0.4) is 0 Å². The van der Waals surface area contributed by atoms with Gasteiger partial charge in [-0.2, -0.15) is 0 Å². The predicted molar refractivity (Wildman–Crippen MR) is 45.7 cm³/mol. The average molecular weight is 187 g/mol. The van der Waals surface area contributed by atoms with Crippen LogP contribution in [0.25, 0.3) is 0 Å². The third kappa shape index (κ3) is 1.83. The van der Waals surface area contributed by atoms with Crippen molar-refractivity contribution in [1.82, 2.24) is 0 Å². The Morgan fingerprint density at radius 1 is 1.42 bits per heavy atom. The molecule has 0 aliphatic carbocycles. The summed E-state index contributed by atoms with van der Waals surface area (Å²) in [5.74, 6) is -0.336. The summed E-state index contributed by atoms with van der Waals surface area (Å²) in [6, 6.07) is 5.55. The molecule has 1 unspecified atom stereocenters. The third-order valence-corrected chi connectivity index (χ3v) is 1.94. The number of alkyl halides is 1. The first-order valence-electron chi connectivity index (χ1n) is 3.47. The van der Waals surface area contributed by atoms with E-state index in [9.17, 15) is 9.18 Å². The lowest BCUT2D eigenvalue weighted by atomic mass is 10.0. The smallest absolute Gasteiger partial charge is 0.145 e. The summed E-state index contributed by atoms with van der Waals surface area (Å²) in [5.41, 5.74) is 0.598. The number of carbonyl (C=O) groups excluding carboxylic acids is 1. The van der Waals surface area contributed by atoms with Gasteiger partial charge in [0.1, 0.15) is 17.0 Å². The standard InChI is InChI=1S/C9H8ClFO/c1-9(10,6-12)7-2-4-8(11)5-3-7/h2-6H,1H3. The maximum atomic E-state index is 12.4. The van der Waals surface area contributed by atoms with Crippen LogP contribution in [-0.2, 0) is 9.67 Å². The highest BCUT2D eigenvalue weighted by atomic mass is 35.5. The van der Waals surface area contributed by atoms with Crippen LogP contribution in [0.4, 0.5) is 4.39 Å². The number of halogens is 2. The summed E-state index contributed by atoms with van der Waals surface area (Å²) in [6.45, 7) is 1.56. The number of aldehydes is 1. The Bertz CT molecular complexity index is 279. The number of benzene rings is 1. The molecule has 1 aromatic rings. The van der Waals surface area contributed by atoms with Gasteiger partial charge in [-0.1, -0.05) is 12.1 Å². The Labute approximate surface area is 75.2 Å². The molecule has 0 aliphatic rings. The van der Waals surface area contributed by atoms with Gasteiger partial charge in [0.25, 0.3) is 0 Å². The minimum Gasteiger partial charge on any atom is -0.301 e. The summed E-state index contributed by atoms with van der Waals surface area (Å²) in [4.78, 5) is 9.44. The van der Waals surface area contributed by atoms with Gasteiger partial charge < -0.3 is 4.79 Å². The van der Waals surface area contributed by atoms with Crippen molar-refractivity contribution >= 4 is 17.9 Å². The molecule has 1 atom stereocenters. The van der Waals surface area contributed by atoms with E-state index in [1.54, 1.807) is 6.92 Å². The number of hydrogen-bond donors (Lipinski definition) is 0. The van der Waals surface area contributed by atoms with Crippen LogP contribution in [0.15, 0.2) is 24.3 Å². The molecule has 0 heterocycles. The second kappa shape index (κ2) is 3.23. The van der Waals surface area contributed by atoms with E-state index < -0.39 is 4.87 Å². The molecule has 0 saturated heterocycles. The number of hydrogen-bond acceptors (Lipinski definition) is 1. The Hall–Kier alpha value is -0.890. The number of rotatable bonds is 2. The Morgan fingerprint density at radius 3 is 2.33 bits per heavy atom. The van der Waals surface area contributed by atoms with Gasteiger partial charge in [0.05, 0.1) is 0 Å². The van der Waals surface area contributed by atoms with Crippen LogP contribution >= 0.6 is 11.6 Å². The molecule has 0 saturated carbocycles. The molecule has 0 fully saturated rings. The normalized spacial score (nSPS) is 15.2. The van der Waals surface area contributed by atoms with Gasteiger partial charge in [-0.3, -0.25) is 0 Å². The maximum Gasteiger partial charge on any atom is 0.145 e. The first-order chi connectivity index (χ1) is 5.56. The molecule has 0 amide bonds. The largest absolute Gasteiger partial charge is 0.301 e. The van der Waals surface area contributed by atoms with Gasteiger partial charge in [-0.15, -0.1) is 11.6 Å². The lowest BCUT2D eigenvalue weighted by molar-refractivity contribution is -0.109. The highest BCUT2D eigenvalue weighted by molar-refractivity contribution is 6.31. The highest BCUT2D eigenvalue weighted by Gasteiger charge is 2.21. The summed E-state index contributed by atoms with van der Waals surface area (Å²) in [5, 5.41) is 0. The van der Waals surface area contributed by atoms with Gasteiger partial charge in [-0.05, 0) is 24.6 Å². The van der Waals surface area contributed by atoms with Crippen molar-refractivity contribution in [1.29, 1.82) is 0 Å². The summed E-state index contributed by atoms with van der Waals surface area (Å²) >= 11 is 5.81. The van der Waals surface area contributed by atoms with Crippen molar-refractivity contribution in [3.05, 3.63) is 35.6 Å². The quantitative estimate of drug-likeness (QED) is 0.512. The lowest BCUT2D eigenvalue weighted by Gasteiger charge is -2.13. The molecule has 1 aromatic carbocycles. The third-order valence-electron chi connectivity index (χ3n) is 1.63. The van der Waals surface area contributed by atoms with E-state index in [1.165, 1.54) is 24.3 Å². The Morgan fingerprint density at radius 2 is 1.92 bits per heavy atom. The molecule has 0 radical (unpaired) electrons. The minimum absolute atomic E-state index is 0.336. The predicted octanol–water partition coefficient (Wildman–Crippen LogP) is 2.48. The molecule has 0 spiro atoms. The topological polar surface area (TPSA) is 17.1 Å². The fourth-order valence-corrected chi connectivity index (χ4v) is 0.970. The van der Waals surface area contributed by atoms with Crippen molar-refractivity contribution in [2.24, 2.45) is 0 Å². The van der Waals surface area contributed by atoms with Gasteiger partial charge in [0.15, 0.2) is 0 Å². The highest BCUT2D eigenvalue weighted by Crippen LogP contribution is 2.25. The zero-order chi connectivity index (χ0) is 9.19. The zero-order valence-corrected chi connectivity index (χ0v) is 7.31. The zero-order valence-electron chi connectivity index (χ0n) is 6.55. The van der Waals surface area contributed by atoms with Crippen molar-refractivity contribution < 1.29 is 9.18 Å². The van der Waals surface area contributed by atoms with Gasteiger partial charge >= 0.3 is 0 Å². The van der Waals surface area contributed by atoms with Crippen LogP contribution in [-0.4, -0.2) is 6.29 Å². The van der Waals surface area contributed by atoms with Crippen molar-refractivity contribution in [3.8, 4) is 0 Å². The first-order valence-corrected chi connectivity index (χ1v) is 3.85. The molecule has 64 valence electrons. The fraction of sp³-hybridized carbons (Fsp3) is 0.222. The van der Waals surface area contributed by atoms with Crippen LogP contribution in [0.5, 0.6) is 0 Å². The van der Waals surface area contributed by atoms with E-state index >= 15 is 0 Å². The summed E-state index contributed by atoms with van der Waals surface area (Å²) in [7, 11) is 0. The van der Waals surface area contributed by atoms with Gasteiger partial charge in [0.2, 0.25) is 0 Å². The Kier molecular flexibility index (Phi) is 2.48. The molecule has 0 aromatic heterocycles. The van der Waals surface area contributed by atoms with Crippen LogP contribution in [0.1, 0.15) is 12.5 Å². The monoisotopic (exact) mass is 186 g/mol. The molecular weight excluding hydrogens is 179 g/mol. The van der Waals surface area contributed by atoms with E-state index in [2.05, 4.69) is 0 Å². The fourth-order valence-electron chi connectivity index (χ4n) is 0.844. The molecule has 1 rings (SSSR count). The van der Waals surface area contributed by atoms with E-state index in [0.29, 0.717) is 11.8 Å². The molecule has 0 N–H and O–H groups in total. The minimum atomic E-state index is -1.05. The van der Waals surface area contributed by atoms with Crippen molar-refractivity contribution in [3.63, 3.8) is 0 Å². The van der Waals surface area contributed by atoms with E-state index in [-0.39, 0.29) is 5.82 Å². The second-order valence-electron chi connectivity index (χ2n) is 2.70. The van der Waals surface area contributed by atoms with Crippen LogP contribution in [0.2, 0.25) is 0 Å². The SMILES string of the molecule is CC(Cl)(C=O)c1ccc(F)cc1. The molecule has 0 aliphatic heterocycles. The van der Waals surface area contributed by atoms with Crippen LogP contribution < -0.4 is 0 Å². The van der Waals surface area contributed by atoms with Crippen molar-refractivity contribution in [2.45, 2.75) is 11.8 Å². The summed E-state index contributed by atoms with van der Waals surface area (Å²) < 4.78 is 12.4. The molecule has 0 bridgehead atoms. The maximum absolute atomic E-state index is 12.4. The van der Waals surface area contributed by atoms with Gasteiger partial charge in [-0.25, -0.2) is 4.39 Å². The van der Waals surface area contributed by atoms with Crippen LogP contribution in [0, 0.1) is 5.82 Å². The first kappa shape index (κ1) is 9.20. The van der Waals surface area contributed by atoms with Gasteiger partial charge in [0, 0.05) is 0 Å². The Balaban J connectivity index is 3.04. The molecule has 1 nitrogen and oxygen atoms in total. The molecule has 3 heteroatoms. The lowest BCUT2D eigenvalue weighted by Crippen LogP contribution is -2.14. The average Bonchev–Trinajstić information content (AvgIpc) is 2.05. The molecule has 12 heavy (non-hydrogen) atoms. The second-order valence-corrected chi connectivity index (χ2v) is 3.49. The van der Waals surface area contributed by atoms with Crippen molar-refractivity contribution in [2.75, 3.05) is 0 Å². The van der Waals surface area contributed by atoms with E-state index in [4.69, 9.17) is 11.6 Å². The van der Waals surface area contributed by atoms with E-state index in [1.807, 2.05) is 0 Å².